The summed E-state index contributed by atoms with van der Waals surface area (Å²) < 4.78 is 5.91. The second kappa shape index (κ2) is 7.63. The van der Waals surface area contributed by atoms with Crippen LogP contribution in [0.1, 0.15) is 65.6 Å². The highest BCUT2D eigenvalue weighted by Crippen LogP contribution is 2.25. The van der Waals surface area contributed by atoms with E-state index in [9.17, 15) is 0 Å². The average Bonchev–Trinajstić information content (AvgIpc) is 2.37. The molecule has 0 amide bonds. The van der Waals surface area contributed by atoms with Crippen molar-refractivity contribution < 1.29 is 4.74 Å². The molecule has 1 N–H and O–H groups in total. The van der Waals surface area contributed by atoms with Gasteiger partial charge in [-0.3, -0.25) is 0 Å². The maximum absolute atomic E-state index is 5.91. The van der Waals surface area contributed by atoms with Crippen LogP contribution in [0.5, 0.6) is 5.88 Å². The highest BCUT2D eigenvalue weighted by atomic mass is 16.5. The summed E-state index contributed by atoms with van der Waals surface area (Å²) in [6.45, 7) is 14.9. The van der Waals surface area contributed by atoms with E-state index in [1.54, 1.807) is 0 Å². The van der Waals surface area contributed by atoms with Crippen LogP contribution >= 0.6 is 0 Å². The number of ether oxygens (including phenoxy) is 1. The van der Waals surface area contributed by atoms with E-state index < -0.39 is 0 Å². The molecule has 0 saturated heterocycles. The number of hydrogen-bond donors (Lipinski definition) is 1. The quantitative estimate of drug-likeness (QED) is 0.764. The van der Waals surface area contributed by atoms with Crippen LogP contribution in [0, 0.1) is 0 Å². The van der Waals surface area contributed by atoms with Gasteiger partial charge < -0.3 is 10.1 Å². The van der Waals surface area contributed by atoms with E-state index in [4.69, 9.17) is 4.74 Å². The molecule has 1 rings (SSSR count). The third-order valence-electron chi connectivity index (χ3n) is 3.28. The summed E-state index contributed by atoms with van der Waals surface area (Å²) in [6.07, 6.45) is 2.34. The Morgan fingerprint density at radius 1 is 1.25 bits per heavy atom. The maximum Gasteiger partial charge on any atom is 0.214 e. The van der Waals surface area contributed by atoms with Crippen molar-refractivity contribution in [2.75, 3.05) is 6.54 Å². The monoisotopic (exact) mass is 278 g/mol. The standard InChI is InChI=1S/C17H30N2O/c1-7-9-18-12-14-10-15(17(4,5)6)19-16(11-14)20-13(3)8-2/h10-11,13,18H,7-9,12H2,1-6H3. The van der Waals surface area contributed by atoms with Crippen LogP contribution in [0.25, 0.3) is 0 Å². The van der Waals surface area contributed by atoms with Crippen molar-refractivity contribution in [3.63, 3.8) is 0 Å². The summed E-state index contributed by atoms with van der Waals surface area (Å²) in [4.78, 5) is 4.67. The zero-order valence-electron chi connectivity index (χ0n) is 13.9. The molecule has 0 aromatic carbocycles. The van der Waals surface area contributed by atoms with Gasteiger partial charge in [0.05, 0.1) is 11.8 Å². The van der Waals surface area contributed by atoms with E-state index in [1.807, 2.05) is 0 Å². The highest BCUT2D eigenvalue weighted by Gasteiger charge is 2.18. The summed E-state index contributed by atoms with van der Waals surface area (Å²) in [6, 6.07) is 4.25. The van der Waals surface area contributed by atoms with Crippen molar-refractivity contribution in [3.8, 4) is 5.88 Å². The molecule has 1 aromatic heterocycles. The van der Waals surface area contributed by atoms with Crippen LogP contribution in [0.4, 0.5) is 0 Å². The lowest BCUT2D eigenvalue weighted by Crippen LogP contribution is -2.19. The molecule has 0 aliphatic heterocycles. The molecule has 1 heterocycles. The Labute approximate surface area is 124 Å². The lowest BCUT2D eigenvalue weighted by Gasteiger charge is -2.21. The van der Waals surface area contributed by atoms with Crippen LogP contribution in [-0.2, 0) is 12.0 Å². The van der Waals surface area contributed by atoms with Crippen molar-refractivity contribution in [1.29, 1.82) is 0 Å². The van der Waals surface area contributed by atoms with Gasteiger partial charge in [0, 0.05) is 18.0 Å². The highest BCUT2D eigenvalue weighted by molar-refractivity contribution is 5.28. The minimum atomic E-state index is 0.0360. The molecule has 114 valence electrons. The molecular formula is C17H30N2O. The molecule has 1 aromatic rings. The van der Waals surface area contributed by atoms with Crippen molar-refractivity contribution in [3.05, 3.63) is 23.4 Å². The summed E-state index contributed by atoms with van der Waals surface area (Å²) in [5.74, 6) is 0.750. The predicted molar refractivity (Wildman–Crippen MR) is 85.3 cm³/mol. The van der Waals surface area contributed by atoms with Crippen molar-refractivity contribution >= 4 is 0 Å². The zero-order valence-corrected chi connectivity index (χ0v) is 13.9. The Bertz CT molecular complexity index is 410. The van der Waals surface area contributed by atoms with E-state index in [1.165, 1.54) is 5.56 Å². The molecule has 3 heteroatoms. The van der Waals surface area contributed by atoms with Gasteiger partial charge in [0.2, 0.25) is 5.88 Å². The summed E-state index contributed by atoms with van der Waals surface area (Å²) in [5, 5.41) is 3.44. The third-order valence-corrected chi connectivity index (χ3v) is 3.28. The van der Waals surface area contributed by atoms with E-state index in [0.717, 1.165) is 37.5 Å². The number of rotatable bonds is 7. The van der Waals surface area contributed by atoms with E-state index in [-0.39, 0.29) is 11.5 Å². The van der Waals surface area contributed by atoms with Gasteiger partial charge in [-0.1, -0.05) is 34.6 Å². The smallest absolute Gasteiger partial charge is 0.214 e. The third kappa shape index (κ3) is 5.49. The Morgan fingerprint density at radius 2 is 1.95 bits per heavy atom. The van der Waals surface area contributed by atoms with Gasteiger partial charge in [0.15, 0.2) is 0 Å². The predicted octanol–water partition coefficient (Wildman–Crippen LogP) is 4.06. The summed E-state index contributed by atoms with van der Waals surface area (Å²) in [5.41, 5.74) is 2.37. The first-order valence-electron chi connectivity index (χ1n) is 7.75. The second-order valence-corrected chi connectivity index (χ2v) is 6.46. The van der Waals surface area contributed by atoms with E-state index >= 15 is 0 Å². The summed E-state index contributed by atoms with van der Waals surface area (Å²) in [7, 11) is 0. The molecule has 1 unspecified atom stereocenters. The number of nitrogens with one attached hydrogen (secondary N) is 1. The fraction of sp³-hybridized carbons (Fsp3) is 0.706. The Hall–Kier alpha value is -1.09. The van der Waals surface area contributed by atoms with Gasteiger partial charge in [-0.05, 0) is 37.9 Å². The van der Waals surface area contributed by atoms with Gasteiger partial charge in [0.25, 0.3) is 0 Å². The minimum absolute atomic E-state index is 0.0360. The number of pyridine rings is 1. The number of hydrogen-bond acceptors (Lipinski definition) is 3. The molecule has 0 aliphatic carbocycles. The van der Waals surface area contributed by atoms with Crippen LogP contribution in [-0.4, -0.2) is 17.6 Å². The molecule has 20 heavy (non-hydrogen) atoms. The van der Waals surface area contributed by atoms with Crippen LogP contribution < -0.4 is 10.1 Å². The van der Waals surface area contributed by atoms with Crippen molar-refractivity contribution in [2.45, 2.75) is 72.4 Å². The first kappa shape index (κ1) is 17.0. The second-order valence-electron chi connectivity index (χ2n) is 6.46. The Kier molecular flexibility index (Phi) is 6.47. The fourth-order valence-corrected chi connectivity index (χ4v) is 1.80. The van der Waals surface area contributed by atoms with E-state index in [0.29, 0.717) is 0 Å². The van der Waals surface area contributed by atoms with Gasteiger partial charge >= 0.3 is 0 Å². The van der Waals surface area contributed by atoms with Crippen molar-refractivity contribution in [2.24, 2.45) is 0 Å². The normalized spacial score (nSPS) is 13.3. The Balaban J connectivity index is 2.95. The van der Waals surface area contributed by atoms with Gasteiger partial charge in [-0.15, -0.1) is 0 Å². The van der Waals surface area contributed by atoms with Crippen LogP contribution in [0.15, 0.2) is 12.1 Å². The van der Waals surface area contributed by atoms with Crippen molar-refractivity contribution in [1.82, 2.24) is 10.3 Å². The van der Waals surface area contributed by atoms with Gasteiger partial charge in [-0.2, -0.15) is 0 Å². The first-order chi connectivity index (χ1) is 9.36. The Morgan fingerprint density at radius 3 is 2.50 bits per heavy atom. The average molecular weight is 278 g/mol. The molecule has 0 aliphatic rings. The summed E-state index contributed by atoms with van der Waals surface area (Å²) >= 11 is 0. The molecule has 0 radical (unpaired) electrons. The molecule has 0 bridgehead atoms. The molecule has 0 spiro atoms. The molecule has 3 nitrogen and oxygen atoms in total. The lowest BCUT2D eigenvalue weighted by atomic mass is 9.91. The van der Waals surface area contributed by atoms with Gasteiger partial charge in [0.1, 0.15) is 0 Å². The maximum atomic E-state index is 5.91. The molecule has 0 fully saturated rings. The molecule has 1 atom stereocenters. The first-order valence-corrected chi connectivity index (χ1v) is 7.75. The SMILES string of the molecule is CCCNCc1cc(OC(C)CC)nc(C(C)(C)C)c1. The minimum Gasteiger partial charge on any atom is -0.475 e. The number of aromatic nitrogens is 1. The van der Waals surface area contributed by atoms with E-state index in [2.05, 4.69) is 64.0 Å². The number of nitrogens with zero attached hydrogens (tertiary/aromatic N) is 1. The zero-order chi connectivity index (χ0) is 15.2. The lowest BCUT2D eigenvalue weighted by molar-refractivity contribution is 0.207. The largest absolute Gasteiger partial charge is 0.475 e. The topological polar surface area (TPSA) is 34.1 Å². The van der Waals surface area contributed by atoms with Crippen LogP contribution in [0.3, 0.4) is 0 Å². The molecular weight excluding hydrogens is 248 g/mol. The van der Waals surface area contributed by atoms with Gasteiger partial charge in [-0.25, -0.2) is 4.98 Å². The fourth-order valence-electron chi connectivity index (χ4n) is 1.80. The van der Waals surface area contributed by atoms with Crippen LogP contribution in [0.2, 0.25) is 0 Å². The molecule has 0 saturated carbocycles.